The van der Waals surface area contributed by atoms with E-state index in [-0.39, 0.29) is 5.69 Å². The van der Waals surface area contributed by atoms with Crippen LogP contribution < -0.4 is 5.32 Å². The fourth-order valence-electron chi connectivity index (χ4n) is 3.37. The van der Waals surface area contributed by atoms with Gasteiger partial charge in [-0.2, -0.15) is 5.10 Å². The van der Waals surface area contributed by atoms with Crippen LogP contribution in [0.2, 0.25) is 0 Å². The van der Waals surface area contributed by atoms with Gasteiger partial charge in [0, 0.05) is 42.5 Å². The molecule has 0 bridgehead atoms. The molecule has 0 aliphatic rings. The summed E-state index contributed by atoms with van der Waals surface area (Å²) in [5.41, 5.74) is 4.27. The summed E-state index contributed by atoms with van der Waals surface area (Å²) in [6, 6.07) is 25.6. The number of nitro benzene ring substituents is 1. The van der Waals surface area contributed by atoms with Crippen molar-refractivity contribution in [3.8, 4) is 16.9 Å². The molecule has 1 atom stereocenters. The van der Waals surface area contributed by atoms with Crippen LogP contribution in [0.25, 0.3) is 16.9 Å². The number of hydrogen-bond acceptors (Lipinski definition) is 5. The maximum absolute atomic E-state index is 11.0. The molecule has 0 radical (unpaired) electrons. The number of benzene rings is 3. The van der Waals surface area contributed by atoms with Gasteiger partial charge in [0.15, 0.2) is 0 Å². The Kier molecular flexibility index (Phi) is 6.16. The van der Waals surface area contributed by atoms with Crippen LogP contribution in [-0.2, 0) is 6.54 Å². The molecule has 156 valence electrons. The van der Waals surface area contributed by atoms with Crippen molar-refractivity contribution in [2.45, 2.75) is 12.6 Å². The monoisotopic (exact) mass is 414 g/mol. The number of aromatic nitrogens is 2. The van der Waals surface area contributed by atoms with Gasteiger partial charge in [0.25, 0.3) is 5.69 Å². The van der Waals surface area contributed by atoms with Crippen LogP contribution in [-0.4, -0.2) is 26.4 Å². The zero-order chi connectivity index (χ0) is 21.6. The summed E-state index contributed by atoms with van der Waals surface area (Å²) in [6.45, 7) is 0.878. The number of aliphatic hydroxyl groups excluding tert-OH is 1. The third-order valence-electron chi connectivity index (χ3n) is 5.00. The minimum absolute atomic E-state index is 0.0388. The Labute approximate surface area is 179 Å². The van der Waals surface area contributed by atoms with Gasteiger partial charge in [-0.3, -0.25) is 10.1 Å². The third-order valence-corrected chi connectivity index (χ3v) is 5.00. The molecule has 2 N–H and O–H groups in total. The van der Waals surface area contributed by atoms with Crippen LogP contribution >= 0.6 is 0 Å². The molecule has 0 saturated heterocycles. The molecule has 1 aromatic heterocycles. The summed E-state index contributed by atoms with van der Waals surface area (Å²) in [5.74, 6) is 0. The number of non-ortho nitro benzene ring substituents is 1. The Morgan fingerprint density at radius 3 is 2.26 bits per heavy atom. The highest BCUT2D eigenvalue weighted by Gasteiger charge is 2.15. The van der Waals surface area contributed by atoms with Crippen molar-refractivity contribution in [3.05, 3.63) is 112 Å². The predicted octanol–water partition coefficient (Wildman–Crippen LogP) is 4.27. The van der Waals surface area contributed by atoms with Gasteiger partial charge in [0.2, 0.25) is 0 Å². The summed E-state index contributed by atoms with van der Waals surface area (Å²) in [6.07, 6.45) is 1.32. The average Bonchev–Trinajstić information content (AvgIpc) is 3.24. The molecule has 0 aliphatic heterocycles. The zero-order valence-corrected chi connectivity index (χ0v) is 16.8. The molecule has 31 heavy (non-hydrogen) atoms. The van der Waals surface area contributed by atoms with Crippen molar-refractivity contribution in [2.75, 3.05) is 6.54 Å². The Balaban J connectivity index is 1.57. The quantitative estimate of drug-likeness (QED) is 0.332. The van der Waals surface area contributed by atoms with Crippen molar-refractivity contribution in [1.29, 1.82) is 0 Å². The number of nitro groups is 1. The van der Waals surface area contributed by atoms with E-state index in [1.165, 1.54) is 12.1 Å². The fourth-order valence-corrected chi connectivity index (χ4v) is 3.37. The van der Waals surface area contributed by atoms with E-state index < -0.39 is 11.0 Å². The highest BCUT2D eigenvalue weighted by Crippen LogP contribution is 2.26. The molecule has 0 fully saturated rings. The Morgan fingerprint density at radius 1 is 0.968 bits per heavy atom. The van der Waals surface area contributed by atoms with Crippen LogP contribution in [0.1, 0.15) is 17.2 Å². The first kappa shape index (κ1) is 20.5. The van der Waals surface area contributed by atoms with Crippen LogP contribution in [0.5, 0.6) is 0 Å². The van der Waals surface area contributed by atoms with E-state index in [0.29, 0.717) is 13.1 Å². The van der Waals surface area contributed by atoms with Gasteiger partial charge in [-0.05, 0) is 29.8 Å². The van der Waals surface area contributed by atoms with E-state index in [1.54, 1.807) is 16.8 Å². The maximum atomic E-state index is 11.0. The van der Waals surface area contributed by atoms with E-state index in [2.05, 4.69) is 5.32 Å². The van der Waals surface area contributed by atoms with Gasteiger partial charge in [-0.1, -0.05) is 48.5 Å². The molecule has 1 unspecified atom stereocenters. The van der Waals surface area contributed by atoms with Gasteiger partial charge in [-0.15, -0.1) is 0 Å². The lowest BCUT2D eigenvalue weighted by molar-refractivity contribution is -0.384. The smallest absolute Gasteiger partial charge is 0.269 e. The second-order valence-electron chi connectivity index (χ2n) is 7.14. The normalized spacial score (nSPS) is 11.9. The summed E-state index contributed by atoms with van der Waals surface area (Å²) in [4.78, 5) is 10.6. The van der Waals surface area contributed by atoms with E-state index in [1.807, 2.05) is 66.9 Å². The van der Waals surface area contributed by atoms with E-state index in [9.17, 15) is 15.2 Å². The zero-order valence-electron chi connectivity index (χ0n) is 16.8. The minimum Gasteiger partial charge on any atom is -0.387 e. The lowest BCUT2D eigenvalue weighted by Crippen LogP contribution is -2.21. The Hall–Kier alpha value is -3.81. The van der Waals surface area contributed by atoms with Crippen molar-refractivity contribution in [3.63, 3.8) is 0 Å². The highest BCUT2D eigenvalue weighted by atomic mass is 16.6. The summed E-state index contributed by atoms with van der Waals surface area (Å²) >= 11 is 0. The van der Waals surface area contributed by atoms with Gasteiger partial charge < -0.3 is 10.4 Å². The van der Waals surface area contributed by atoms with Gasteiger partial charge in [-0.25, -0.2) is 4.68 Å². The van der Waals surface area contributed by atoms with Crippen molar-refractivity contribution in [2.24, 2.45) is 0 Å². The second-order valence-corrected chi connectivity index (χ2v) is 7.14. The first-order valence-electron chi connectivity index (χ1n) is 9.94. The molecule has 3 aromatic carbocycles. The highest BCUT2D eigenvalue weighted by molar-refractivity contribution is 5.64. The lowest BCUT2D eigenvalue weighted by atomic mass is 10.1. The topological polar surface area (TPSA) is 93.2 Å². The Bertz CT molecular complexity index is 1140. The van der Waals surface area contributed by atoms with Crippen molar-refractivity contribution < 1.29 is 10.0 Å². The molecule has 4 rings (SSSR count). The number of hydrogen-bond donors (Lipinski definition) is 2. The first-order valence-corrected chi connectivity index (χ1v) is 9.94. The van der Waals surface area contributed by atoms with Crippen molar-refractivity contribution >= 4 is 5.69 Å². The van der Waals surface area contributed by atoms with Crippen LogP contribution in [0, 0.1) is 10.1 Å². The van der Waals surface area contributed by atoms with Crippen LogP contribution in [0.4, 0.5) is 5.69 Å². The number of aliphatic hydroxyl groups is 1. The predicted molar refractivity (Wildman–Crippen MR) is 119 cm³/mol. The summed E-state index contributed by atoms with van der Waals surface area (Å²) in [7, 11) is 0. The van der Waals surface area contributed by atoms with Crippen molar-refractivity contribution in [1.82, 2.24) is 15.1 Å². The standard InChI is InChI=1S/C24H22N4O3/c29-23(18-7-3-1-4-8-18)16-25-15-20-17-27(21-9-5-2-6-10-21)26-24(20)19-11-13-22(14-12-19)28(30)31/h1-14,17,23,25,29H,15-16H2. The number of para-hydroxylation sites is 1. The summed E-state index contributed by atoms with van der Waals surface area (Å²) < 4.78 is 1.79. The average molecular weight is 414 g/mol. The molecule has 7 heteroatoms. The molecule has 0 spiro atoms. The van der Waals surface area contributed by atoms with Gasteiger partial charge in [0.1, 0.15) is 0 Å². The lowest BCUT2D eigenvalue weighted by Gasteiger charge is -2.12. The first-order chi connectivity index (χ1) is 15.1. The number of rotatable bonds is 8. The van der Waals surface area contributed by atoms with Gasteiger partial charge >= 0.3 is 0 Å². The SMILES string of the molecule is O=[N+]([O-])c1ccc(-c2nn(-c3ccccc3)cc2CNCC(O)c2ccccc2)cc1. The Morgan fingerprint density at radius 2 is 1.61 bits per heavy atom. The van der Waals surface area contributed by atoms with E-state index in [0.717, 1.165) is 28.1 Å². The molecular formula is C24H22N4O3. The largest absolute Gasteiger partial charge is 0.387 e. The molecule has 4 aromatic rings. The molecule has 0 saturated carbocycles. The minimum atomic E-state index is -0.617. The molecule has 7 nitrogen and oxygen atoms in total. The molecular weight excluding hydrogens is 392 g/mol. The number of nitrogens with one attached hydrogen (secondary N) is 1. The molecule has 1 heterocycles. The fraction of sp³-hybridized carbons (Fsp3) is 0.125. The van der Waals surface area contributed by atoms with E-state index in [4.69, 9.17) is 5.10 Å². The maximum Gasteiger partial charge on any atom is 0.269 e. The summed E-state index contributed by atoms with van der Waals surface area (Å²) in [5, 5.41) is 29.4. The third kappa shape index (κ3) is 4.85. The van der Waals surface area contributed by atoms with Gasteiger partial charge in [0.05, 0.1) is 22.4 Å². The second kappa shape index (κ2) is 9.34. The van der Waals surface area contributed by atoms with E-state index >= 15 is 0 Å². The van der Waals surface area contributed by atoms with Crippen LogP contribution in [0.3, 0.4) is 0 Å². The van der Waals surface area contributed by atoms with Crippen LogP contribution in [0.15, 0.2) is 91.1 Å². The number of nitrogens with zero attached hydrogens (tertiary/aromatic N) is 3. The molecule has 0 aliphatic carbocycles. The molecule has 0 amide bonds.